The molecule has 108 valence electrons. The lowest BCUT2D eigenvalue weighted by molar-refractivity contribution is -0.0336. The summed E-state index contributed by atoms with van der Waals surface area (Å²) in [6.07, 6.45) is 4.93. The van der Waals surface area contributed by atoms with E-state index in [1.54, 1.807) is 7.05 Å². The van der Waals surface area contributed by atoms with Crippen molar-refractivity contribution in [2.24, 2.45) is 0 Å². The average molecular weight is 278 g/mol. The third-order valence-electron chi connectivity index (χ3n) is 3.33. The van der Waals surface area contributed by atoms with E-state index in [2.05, 4.69) is 11.8 Å². The van der Waals surface area contributed by atoms with Gasteiger partial charge in [-0.05, 0) is 13.0 Å². The van der Waals surface area contributed by atoms with Crippen LogP contribution in [0.15, 0.2) is 0 Å². The second kappa shape index (κ2) is 7.43. The summed E-state index contributed by atoms with van der Waals surface area (Å²) >= 11 is 0. The predicted molar refractivity (Wildman–Crippen MR) is 73.2 cm³/mol. The van der Waals surface area contributed by atoms with Gasteiger partial charge in [-0.1, -0.05) is 19.8 Å². The molecule has 0 amide bonds. The van der Waals surface area contributed by atoms with Crippen molar-refractivity contribution in [1.29, 1.82) is 0 Å². The second-order valence-corrected chi connectivity index (χ2v) is 7.13. The molecule has 0 N–H and O–H groups in total. The Morgan fingerprint density at radius 1 is 1.39 bits per heavy atom. The maximum atomic E-state index is 11.4. The largest absolute Gasteiger partial charge is 0.374 e. The van der Waals surface area contributed by atoms with Crippen LogP contribution < -0.4 is 0 Å². The van der Waals surface area contributed by atoms with E-state index in [4.69, 9.17) is 4.74 Å². The van der Waals surface area contributed by atoms with Gasteiger partial charge in [-0.3, -0.25) is 4.90 Å². The summed E-state index contributed by atoms with van der Waals surface area (Å²) in [6, 6.07) is 0. The molecular formula is C12H26N2O3S. The van der Waals surface area contributed by atoms with Crippen LogP contribution in [0, 0.1) is 0 Å². The molecule has 0 bridgehead atoms. The molecule has 1 heterocycles. The molecule has 1 atom stereocenters. The maximum absolute atomic E-state index is 11.4. The number of nitrogens with zero attached hydrogens (tertiary/aromatic N) is 2. The lowest BCUT2D eigenvalue weighted by Crippen LogP contribution is -2.47. The number of hydrogen-bond donors (Lipinski definition) is 0. The number of unbranched alkanes of at least 4 members (excludes halogenated alkanes) is 2. The van der Waals surface area contributed by atoms with Crippen molar-refractivity contribution in [2.45, 2.75) is 32.3 Å². The van der Waals surface area contributed by atoms with Crippen LogP contribution in [-0.4, -0.2) is 69.8 Å². The molecule has 0 aromatic rings. The van der Waals surface area contributed by atoms with Gasteiger partial charge in [0.25, 0.3) is 0 Å². The zero-order chi connectivity index (χ0) is 13.6. The highest BCUT2D eigenvalue weighted by Gasteiger charge is 2.23. The van der Waals surface area contributed by atoms with Gasteiger partial charge in [0.05, 0.1) is 19.0 Å². The van der Waals surface area contributed by atoms with Crippen molar-refractivity contribution in [3.63, 3.8) is 0 Å². The van der Waals surface area contributed by atoms with Gasteiger partial charge in [0.2, 0.25) is 10.0 Å². The van der Waals surface area contributed by atoms with Crippen LogP contribution in [0.25, 0.3) is 0 Å². The molecule has 1 saturated heterocycles. The summed E-state index contributed by atoms with van der Waals surface area (Å²) in [5.41, 5.74) is 0. The first-order valence-corrected chi connectivity index (χ1v) is 8.53. The van der Waals surface area contributed by atoms with E-state index in [1.165, 1.54) is 29.8 Å². The summed E-state index contributed by atoms with van der Waals surface area (Å²) in [4.78, 5) is 2.37. The zero-order valence-electron chi connectivity index (χ0n) is 11.8. The van der Waals surface area contributed by atoms with Crippen LogP contribution in [0.3, 0.4) is 0 Å². The van der Waals surface area contributed by atoms with E-state index < -0.39 is 10.0 Å². The van der Waals surface area contributed by atoms with Crippen LogP contribution in [0.2, 0.25) is 0 Å². The second-order valence-electron chi connectivity index (χ2n) is 5.04. The summed E-state index contributed by atoms with van der Waals surface area (Å²) in [7, 11) is -1.50. The van der Waals surface area contributed by atoms with Crippen molar-refractivity contribution < 1.29 is 13.2 Å². The summed E-state index contributed by atoms with van der Waals surface area (Å²) < 4.78 is 29.7. The van der Waals surface area contributed by atoms with Crippen molar-refractivity contribution in [1.82, 2.24) is 9.21 Å². The third-order valence-corrected chi connectivity index (χ3v) is 4.61. The molecule has 18 heavy (non-hydrogen) atoms. The Balaban J connectivity index is 2.34. The molecular weight excluding hydrogens is 252 g/mol. The van der Waals surface area contributed by atoms with E-state index in [0.29, 0.717) is 13.2 Å². The number of ether oxygens (including phenoxy) is 1. The molecule has 0 aromatic carbocycles. The zero-order valence-corrected chi connectivity index (χ0v) is 12.6. The van der Waals surface area contributed by atoms with E-state index in [-0.39, 0.29) is 6.10 Å². The minimum atomic E-state index is -3.11. The van der Waals surface area contributed by atoms with E-state index in [1.807, 2.05) is 0 Å². The monoisotopic (exact) mass is 278 g/mol. The molecule has 0 spiro atoms. The topological polar surface area (TPSA) is 49.9 Å². The standard InChI is InChI=1S/C12H26N2O3S/c1-4-5-6-7-14-8-9-17-12(11-14)10-13(2)18(3,15)16/h12H,4-11H2,1-3H3. The molecule has 0 radical (unpaired) electrons. The highest BCUT2D eigenvalue weighted by molar-refractivity contribution is 7.88. The van der Waals surface area contributed by atoms with Crippen molar-refractivity contribution >= 4 is 10.0 Å². The summed E-state index contributed by atoms with van der Waals surface area (Å²) in [6.45, 7) is 6.24. The molecule has 6 heteroatoms. The first-order valence-electron chi connectivity index (χ1n) is 6.68. The minimum Gasteiger partial charge on any atom is -0.374 e. The van der Waals surface area contributed by atoms with Gasteiger partial charge in [-0.15, -0.1) is 0 Å². The smallest absolute Gasteiger partial charge is 0.211 e. The first kappa shape index (κ1) is 15.9. The number of rotatable bonds is 7. The molecule has 0 aromatic heterocycles. The van der Waals surface area contributed by atoms with Gasteiger partial charge in [0.15, 0.2) is 0 Å². The normalized spacial score (nSPS) is 22.6. The van der Waals surface area contributed by atoms with E-state index in [9.17, 15) is 8.42 Å². The Kier molecular flexibility index (Phi) is 6.55. The van der Waals surface area contributed by atoms with Crippen molar-refractivity contribution in [3.05, 3.63) is 0 Å². The molecule has 1 fully saturated rings. The molecule has 1 rings (SSSR count). The average Bonchev–Trinajstić information content (AvgIpc) is 2.28. The fraction of sp³-hybridized carbons (Fsp3) is 1.00. The molecule has 1 aliphatic heterocycles. The lowest BCUT2D eigenvalue weighted by atomic mass is 10.2. The minimum absolute atomic E-state index is 0.0000940. The first-order chi connectivity index (χ1) is 8.43. The lowest BCUT2D eigenvalue weighted by Gasteiger charge is -2.34. The molecule has 1 aliphatic rings. The number of likely N-dealkylation sites (N-methyl/N-ethyl adjacent to an activating group) is 1. The van der Waals surface area contributed by atoms with Crippen LogP contribution in [0.4, 0.5) is 0 Å². The number of hydrogen-bond acceptors (Lipinski definition) is 4. The molecule has 5 nitrogen and oxygen atoms in total. The van der Waals surface area contributed by atoms with Gasteiger partial charge in [0, 0.05) is 26.7 Å². The van der Waals surface area contributed by atoms with Gasteiger partial charge >= 0.3 is 0 Å². The Bertz CT molecular complexity index is 332. The summed E-state index contributed by atoms with van der Waals surface area (Å²) in [5, 5.41) is 0. The summed E-state index contributed by atoms with van der Waals surface area (Å²) in [5.74, 6) is 0. The van der Waals surface area contributed by atoms with Gasteiger partial charge in [-0.25, -0.2) is 12.7 Å². The molecule has 0 aliphatic carbocycles. The van der Waals surface area contributed by atoms with Gasteiger partial charge < -0.3 is 4.74 Å². The quantitative estimate of drug-likeness (QED) is 0.646. The van der Waals surface area contributed by atoms with Gasteiger partial charge in [-0.2, -0.15) is 0 Å². The number of sulfonamides is 1. The number of morpholine rings is 1. The van der Waals surface area contributed by atoms with Crippen LogP contribution in [0.1, 0.15) is 26.2 Å². The third kappa shape index (κ3) is 5.65. The molecule has 0 saturated carbocycles. The highest BCUT2D eigenvalue weighted by atomic mass is 32.2. The van der Waals surface area contributed by atoms with Crippen LogP contribution in [0.5, 0.6) is 0 Å². The Morgan fingerprint density at radius 3 is 2.72 bits per heavy atom. The maximum Gasteiger partial charge on any atom is 0.211 e. The Morgan fingerprint density at radius 2 is 2.11 bits per heavy atom. The fourth-order valence-corrected chi connectivity index (χ4v) is 2.54. The van der Waals surface area contributed by atoms with Crippen LogP contribution in [-0.2, 0) is 14.8 Å². The fourth-order valence-electron chi connectivity index (χ4n) is 2.10. The highest BCUT2D eigenvalue weighted by Crippen LogP contribution is 2.09. The van der Waals surface area contributed by atoms with E-state index >= 15 is 0 Å². The van der Waals surface area contributed by atoms with Gasteiger partial charge in [0.1, 0.15) is 0 Å². The van der Waals surface area contributed by atoms with Crippen molar-refractivity contribution in [2.75, 3.05) is 46.1 Å². The van der Waals surface area contributed by atoms with Crippen molar-refractivity contribution in [3.8, 4) is 0 Å². The Hall–Kier alpha value is -0.170. The van der Waals surface area contributed by atoms with Crippen LogP contribution >= 0.6 is 0 Å². The Labute approximate surface area is 111 Å². The SMILES string of the molecule is CCCCCN1CCOC(CN(C)S(C)(=O)=O)C1. The van der Waals surface area contributed by atoms with E-state index in [0.717, 1.165) is 19.6 Å². The molecule has 1 unspecified atom stereocenters. The predicted octanol–water partition coefficient (Wildman–Crippen LogP) is 0.769.